The summed E-state index contributed by atoms with van der Waals surface area (Å²) in [6, 6.07) is 7.20. The van der Waals surface area contributed by atoms with E-state index in [1.165, 1.54) is 30.4 Å². The number of rotatable bonds is 6. The molecule has 21 heavy (non-hydrogen) atoms. The molecule has 3 rings (SSSR count). The molecule has 1 heterocycles. The number of fused-ring (bicyclic) bond motifs is 1. The molecule has 1 N–H and O–H groups in total. The van der Waals surface area contributed by atoms with Gasteiger partial charge in [0.1, 0.15) is 5.75 Å². The van der Waals surface area contributed by atoms with E-state index in [9.17, 15) is 0 Å². The van der Waals surface area contributed by atoms with Crippen molar-refractivity contribution < 1.29 is 9.47 Å². The lowest BCUT2D eigenvalue weighted by molar-refractivity contribution is 0.0497. The van der Waals surface area contributed by atoms with Gasteiger partial charge in [0.25, 0.3) is 0 Å². The summed E-state index contributed by atoms with van der Waals surface area (Å²) in [6.45, 7) is 5.94. The van der Waals surface area contributed by atoms with Crippen LogP contribution >= 0.6 is 0 Å². The lowest BCUT2D eigenvalue weighted by Crippen LogP contribution is -2.21. The highest BCUT2D eigenvalue weighted by Crippen LogP contribution is 2.33. The van der Waals surface area contributed by atoms with Crippen LogP contribution in [0, 0.1) is 5.92 Å². The molecule has 0 aromatic heterocycles. The molecule has 0 bridgehead atoms. The number of ether oxygens (including phenoxy) is 2. The normalized spacial score (nSPS) is 22.2. The highest BCUT2D eigenvalue weighted by Gasteiger charge is 2.22. The van der Waals surface area contributed by atoms with Gasteiger partial charge in [0.15, 0.2) is 0 Å². The van der Waals surface area contributed by atoms with Crippen molar-refractivity contribution in [3.63, 3.8) is 0 Å². The Morgan fingerprint density at radius 1 is 1.24 bits per heavy atom. The smallest absolute Gasteiger partial charge is 0.119 e. The first kappa shape index (κ1) is 14.9. The molecule has 1 aromatic rings. The average Bonchev–Trinajstić information content (AvgIpc) is 2.94. The predicted octanol–water partition coefficient (Wildman–Crippen LogP) is 3.48. The summed E-state index contributed by atoms with van der Waals surface area (Å²) in [5, 5.41) is 3.64. The van der Waals surface area contributed by atoms with Crippen molar-refractivity contribution >= 4 is 0 Å². The Morgan fingerprint density at radius 2 is 2.10 bits per heavy atom. The quantitative estimate of drug-likeness (QED) is 0.869. The fourth-order valence-electron chi connectivity index (χ4n) is 3.34. The molecule has 1 saturated heterocycles. The van der Waals surface area contributed by atoms with Crippen LogP contribution in [0.3, 0.4) is 0 Å². The second-order valence-electron chi connectivity index (χ2n) is 6.27. The van der Waals surface area contributed by atoms with Crippen molar-refractivity contribution in [3.05, 3.63) is 29.3 Å². The predicted molar refractivity (Wildman–Crippen MR) is 84.8 cm³/mol. The third-order valence-electron chi connectivity index (χ3n) is 4.66. The second-order valence-corrected chi connectivity index (χ2v) is 6.27. The molecule has 1 unspecified atom stereocenters. The third-order valence-corrected chi connectivity index (χ3v) is 4.66. The summed E-state index contributed by atoms with van der Waals surface area (Å²) >= 11 is 0. The van der Waals surface area contributed by atoms with Crippen molar-refractivity contribution in [1.29, 1.82) is 0 Å². The zero-order valence-electron chi connectivity index (χ0n) is 13.1. The summed E-state index contributed by atoms with van der Waals surface area (Å²) in [6.07, 6.45) is 5.85. The number of benzene rings is 1. The van der Waals surface area contributed by atoms with Gasteiger partial charge < -0.3 is 14.8 Å². The maximum Gasteiger partial charge on any atom is 0.119 e. The molecule has 0 radical (unpaired) electrons. The summed E-state index contributed by atoms with van der Waals surface area (Å²) in [5.74, 6) is 1.70. The van der Waals surface area contributed by atoms with Gasteiger partial charge in [-0.3, -0.25) is 0 Å². The maximum atomic E-state index is 6.01. The van der Waals surface area contributed by atoms with Crippen molar-refractivity contribution in [2.24, 2.45) is 5.92 Å². The van der Waals surface area contributed by atoms with Crippen LogP contribution in [0.1, 0.15) is 49.8 Å². The van der Waals surface area contributed by atoms with E-state index in [1.54, 1.807) is 0 Å². The first-order valence-corrected chi connectivity index (χ1v) is 8.43. The Balaban J connectivity index is 1.56. The second kappa shape index (κ2) is 7.28. The van der Waals surface area contributed by atoms with Crippen LogP contribution < -0.4 is 10.1 Å². The van der Waals surface area contributed by atoms with Crippen LogP contribution in [0.4, 0.5) is 0 Å². The fraction of sp³-hybridized carbons (Fsp3) is 0.667. The molecule has 1 atom stereocenters. The van der Waals surface area contributed by atoms with Gasteiger partial charge in [0.05, 0.1) is 6.61 Å². The Kier molecular flexibility index (Phi) is 5.15. The van der Waals surface area contributed by atoms with E-state index in [1.807, 2.05) is 0 Å². The molecule has 1 aromatic carbocycles. The van der Waals surface area contributed by atoms with Crippen molar-refractivity contribution in [2.45, 2.75) is 45.1 Å². The first-order valence-electron chi connectivity index (χ1n) is 8.43. The largest absolute Gasteiger partial charge is 0.493 e. The van der Waals surface area contributed by atoms with Crippen LogP contribution in [0.15, 0.2) is 18.2 Å². The van der Waals surface area contributed by atoms with Crippen LogP contribution in [-0.2, 0) is 11.2 Å². The Labute approximate surface area is 128 Å². The molecule has 1 aliphatic heterocycles. The maximum absolute atomic E-state index is 6.01. The van der Waals surface area contributed by atoms with E-state index in [0.717, 1.165) is 45.0 Å². The number of hydrogen-bond acceptors (Lipinski definition) is 3. The molecular formula is C18H27NO2. The van der Waals surface area contributed by atoms with E-state index >= 15 is 0 Å². The molecule has 1 aliphatic carbocycles. The molecule has 0 spiro atoms. The van der Waals surface area contributed by atoms with E-state index in [-0.39, 0.29) is 0 Å². The van der Waals surface area contributed by atoms with Gasteiger partial charge >= 0.3 is 0 Å². The van der Waals surface area contributed by atoms with Gasteiger partial charge in [-0.15, -0.1) is 0 Å². The topological polar surface area (TPSA) is 30.5 Å². The molecule has 2 aliphatic rings. The molecule has 1 fully saturated rings. The fourth-order valence-corrected chi connectivity index (χ4v) is 3.34. The van der Waals surface area contributed by atoms with E-state index in [2.05, 4.69) is 30.4 Å². The third kappa shape index (κ3) is 3.78. The molecular weight excluding hydrogens is 262 g/mol. The molecule has 3 nitrogen and oxygen atoms in total. The number of nitrogens with one attached hydrogen (secondary N) is 1. The Hall–Kier alpha value is -1.06. The minimum Gasteiger partial charge on any atom is -0.493 e. The van der Waals surface area contributed by atoms with Crippen molar-refractivity contribution in [3.8, 4) is 5.75 Å². The van der Waals surface area contributed by atoms with Gasteiger partial charge in [-0.1, -0.05) is 13.0 Å². The monoisotopic (exact) mass is 289 g/mol. The highest BCUT2D eigenvalue weighted by atomic mass is 16.5. The first-order chi connectivity index (χ1) is 10.4. The van der Waals surface area contributed by atoms with Crippen LogP contribution in [0.25, 0.3) is 0 Å². The SMILES string of the molecule is CCCNC1CCc2cc(OCC3CCOCC3)ccc21. The van der Waals surface area contributed by atoms with Gasteiger partial charge in [-0.2, -0.15) is 0 Å². The number of aryl methyl sites for hydroxylation is 1. The Bertz CT molecular complexity index is 455. The zero-order valence-corrected chi connectivity index (χ0v) is 13.1. The lowest BCUT2D eigenvalue weighted by Gasteiger charge is -2.22. The Morgan fingerprint density at radius 3 is 2.90 bits per heavy atom. The zero-order chi connectivity index (χ0) is 14.5. The summed E-state index contributed by atoms with van der Waals surface area (Å²) in [5.41, 5.74) is 2.94. The number of hydrogen-bond donors (Lipinski definition) is 1. The molecule has 0 saturated carbocycles. The van der Waals surface area contributed by atoms with Crippen molar-refractivity contribution in [1.82, 2.24) is 5.32 Å². The van der Waals surface area contributed by atoms with Crippen LogP contribution in [-0.4, -0.2) is 26.4 Å². The lowest BCUT2D eigenvalue weighted by atomic mass is 10.0. The molecule has 0 amide bonds. The highest BCUT2D eigenvalue weighted by molar-refractivity contribution is 5.40. The molecule has 3 heteroatoms. The average molecular weight is 289 g/mol. The van der Waals surface area contributed by atoms with Crippen molar-refractivity contribution in [2.75, 3.05) is 26.4 Å². The van der Waals surface area contributed by atoms with Gasteiger partial charge in [-0.05, 0) is 67.8 Å². The van der Waals surface area contributed by atoms with E-state index in [4.69, 9.17) is 9.47 Å². The van der Waals surface area contributed by atoms with Gasteiger partial charge in [-0.25, -0.2) is 0 Å². The summed E-state index contributed by atoms with van der Waals surface area (Å²) in [7, 11) is 0. The van der Waals surface area contributed by atoms with Gasteiger partial charge in [0, 0.05) is 19.3 Å². The van der Waals surface area contributed by atoms with E-state index in [0.29, 0.717) is 12.0 Å². The summed E-state index contributed by atoms with van der Waals surface area (Å²) < 4.78 is 11.4. The standard InChI is InChI=1S/C18H27NO2/c1-2-9-19-18-6-3-15-12-16(4-5-17(15)18)21-13-14-7-10-20-11-8-14/h4-5,12,14,18-19H,2-3,6-11,13H2,1H3. The van der Waals surface area contributed by atoms with Gasteiger partial charge in [0.2, 0.25) is 0 Å². The molecule has 116 valence electrons. The minimum atomic E-state index is 0.546. The minimum absolute atomic E-state index is 0.546. The summed E-state index contributed by atoms with van der Waals surface area (Å²) in [4.78, 5) is 0. The van der Waals surface area contributed by atoms with E-state index < -0.39 is 0 Å². The van der Waals surface area contributed by atoms with Crippen LogP contribution in [0.5, 0.6) is 5.75 Å². The van der Waals surface area contributed by atoms with Crippen LogP contribution in [0.2, 0.25) is 0 Å².